The standard InChI is InChI=1S/C24H27N3O4/c1-16-6-5-9-27-22(28)12-18(25-24(16)27)15-26-10-7-17(8-11-26)23-20(30-3)13-19(29-2)14-21(23)31-4/h5-7,9,12-14H,8,10-11,15H2,1-4H3. The monoisotopic (exact) mass is 421 g/mol. The van der Waals surface area contributed by atoms with Gasteiger partial charge in [0.2, 0.25) is 0 Å². The third kappa shape index (κ3) is 4.14. The summed E-state index contributed by atoms with van der Waals surface area (Å²) < 4.78 is 18.2. The van der Waals surface area contributed by atoms with Crippen molar-refractivity contribution in [3.63, 3.8) is 0 Å². The Bertz CT molecular complexity index is 1170. The number of ether oxygens (including phenoxy) is 3. The number of benzene rings is 1. The van der Waals surface area contributed by atoms with E-state index in [9.17, 15) is 4.79 Å². The van der Waals surface area contributed by atoms with E-state index >= 15 is 0 Å². The van der Waals surface area contributed by atoms with Gasteiger partial charge in [0.05, 0.1) is 32.6 Å². The number of fused-ring (bicyclic) bond motifs is 1. The van der Waals surface area contributed by atoms with E-state index in [1.807, 2.05) is 31.2 Å². The molecule has 4 rings (SSSR count). The van der Waals surface area contributed by atoms with E-state index in [-0.39, 0.29) is 5.56 Å². The van der Waals surface area contributed by atoms with Crippen molar-refractivity contribution in [1.82, 2.24) is 14.3 Å². The fourth-order valence-electron chi connectivity index (χ4n) is 4.02. The molecule has 3 heterocycles. The van der Waals surface area contributed by atoms with Crippen molar-refractivity contribution in [3.05, 3.63) is 69.8 Å². The molecule has 3 aromatic rings. The third-order valence-electron chi connectivity index (χ3n) is 5.65. The van der Waals surface area contributed by atoms with Crippen LogP contribution in [0.15, 0.2) is 47.4 Å². The minimum absolute atomic E-state index is 0.0513. The maximum atomic E-state index is 12.5. The van der Waals surface area contributed by atoms with E-state index in [2.05, 4.69) is 11.0 Å². The molecule has 0 spiro atoms. The molecule has 0 N–H and O–H groups in total. The molecule has 0 atom stereocenters. The van der Waals surface area contributed by atoms with Crippen LogP contribution in [0.2, 0.25) is 0 Å². The maximum absolute atomic E-state index is 12.5. The van der Waals surface area contributed by atoms with Gasteiger partial charge in [-0.1, -0.05) is 12.1 Å². The van der Waals surface area contributed by atoms with Gasteiger partial charge in [-0.05, 0) is 30.5 Å². The van der Waals surface area contributed by atoms with Crippen LogP contribution in [0.5, 0.6) is 17.2 Å². The number of methoxy groups -OCH3 is 3. The first-order valence-corrected chi connectivity index (χ1v) is 10.2. The smallest absolute Gasteiger partial charge is 0.258 e. The Kier molecular flexibility index (Phi) is 5.95. The Morgan fingerprint density at radius 1 is 1.06 bits per heavy atom. The van der Waals surface area contributed by atoms with Crippen LogP contribution in [0.1, 0.15) is 23.2 Å². The van der Waals surface area contributed by atoms with E-state index in [4.69, 9.17) is 19.2 Å². The average molecular weight is 421 g/mol. The van der Waals surface area contributed by atoms with Gasteiger partial charge in [0, 0.05) is 44.0 Å². The van der Waals surface area contributed by atoms with Gasteiger partial charge in [-0.2, -0.15) is 0 Å². The number of hydrogen-bond acceptors (Lipinski definition) is 6. The molecule has 31 heavy (non-hydrogen) atoms. The molecule has 0 radical (unpaired) electrons. The molecular formula is C24H27N3O4. The zero-order chi connectivity index (χ0) is 22.0. The summed E-state index contributed by atoms with van der Waals surface area (Å²) in [5.74, 6) is 2.16. The lowest BCUT2D eigenvalue weighted by Crippen LogP contribution is -2.29. The fraction of sp³-hybridized carbons (Fsp3) is 0.333. The van der Waals surface area contributed by atoms with E-state index in [0.717, 1.165) is 47.8 Å². The Morgan fingerprint density at radius 2 is 1.81 bits per heavy atom. The highest BCUT2D eigenvalue weighted by atomic mass is 16.5. The zero-order valence-electron chi connectivity index (χ0n) is 18.3. The fourth-order valence-corrected chi connectivity index (χ4v) is 4.02. The Morgan fingerprint density at radius 3 is 2.42 bits per heavy atom. The quantitative estimate of drug-likeness (QED) is 0.608. The molecular weight excluding hydrogens is 394 g/mol. The van der Waals surface area contributed by atoms with E-state index in [1.54, 1.807) is 38.0 Å². The lowest BCUT2D eigenvalue weighted by Gasteiger charge is -2.27. The Labute approximate surface area is 181 Å². The molecule has 2 aromatic heterocycles. The van der Waals surface area contributed by atoms with Gasteiger partial charge < -0.3 is 14.2 Å². The molecule has 7 heteroatoms. The van der Waals surface area contributed by atoms with Crippen LogP contribution in [0.4, 0.5) is 0 Å². The van der Waals surface area contributed by atoms with Crippen LogP contribution in [0.25, 0.3) is 11.2 Å². The summed E-state index contributed by atoms with van der Waals surface area (Å²) >= 11 is 0. The van der Waals surface area contributed by atoms with Crippen LogP contribution in [-0.4, -0.2) is 48.7 Å². The number of pyridine rings is 1. The minimum Gasteiger partial charge on any atom is -0.496 e. The van der Waals surface area contributed by atoms with Crippen LogP contribution < -0.4 is 19.8 Å². The number of rotatable bonds is 6. The molecule has 0 bridgehead atoms. The maximum Gasteiger partial charge on any atom is 0.258 e. The third-order valence-corrected chi connectivity index (χ3v) is 5.65. The molecule has 0 saturated heterocycles. The highest BCUT2D eigenvalue weighted by Crippen LogP contribution is 2.40. The van der Waals surface area contributed by atoms with Gasteiger partial charge in [-0.25, -0.2) is 4.98 Å². The highest BCUT2D eigenvalue weighted by Gasteiger charge is 2.21. The molecule has 162 valence electrons. The van der Waals surface area contributed by atoms with Gasteiger partial charge in [-0.3, -0.25) is 14.1 Å². The zero-order valence-corrected chi connectivity index (χ0v) is 18.3. The molecule has 1 aliphatic rings. The van der Waals surface area contributed by atoms with E-state index in [0.29, 0.717) is 17.9 Å². The van der Waals surface area contributed by atoms with Gasteiger partial charge in [0.1, 0.15) is 22.9 Å². The summed E-state index contributed by atoms with van der Waals surface area (Å²) in [5, 5.41) is 0. The van der Waals surface area contributed by atoms with E-state index in [1.165, 1.54) is 5.57 Å². The molecule has 0 unspecified atom stereocenters. The summed E-state index contributed by atoms with van der Waals surface area (Å²) in [7, 11) is 4.93. The van der Waals surface area contributed by atoms with Crippen molar-refractivity contribution >= 4 is 11.2 Å². The van der Waals surface area contributed by atoms with Crippen molar-refractivity contribution < 1.29 is 14.2 Å². The van der Waals surface area contributed by atoms with Gasteiger partial charge in [0.25, 0.3) is 5.56 Å². The van der Waals surface area contributed by atoms with Gasteiger partial charge >= 0.3 is 0 Å². The summed E-state index contributed by atoms with van der Waals surface area (Å²) in [6, 6.07) is 9.21. The lowest BCUT2D eigenvalue weighted by molar-refractivity contribution is 0.289. The molecule has 1 aliphatic heterocycles. The number of hydrogen-bond donors (Lipinski definition) is 0. The van der Waals surface area contributed by atoms with Crippen molar-refractivity contribution in [2.45, 2.75) is 19.9 Å². The van der Waals surface area contributed by atoms with Gasteiger partial charge in [0.15, 0.2) is 0 Å². The van der Waals surface area contributed by atoms with Crippen LogP contribution in [0.3, 0.4) is 0 Å². The normalized spacial score (nSPS) is 14.4. The predicted octanol–water partition coefficient (Wildman–Crippen LogP) is 3.32. The molecule has 0 fully saturated rings. The van der Waals surface area contributed by atoms with Crippen molar-refractivity contribution in [1.29, 1.82) is 0 Å². The number of aryl methyl sites for hydroxylation is 1. The summed E-state index contributed by atoms with van der Waals surface area (Å²) in [5.41, 5.74) is 4.57. The van der Waals surface area contributed by atoms with E-state index < -0.39 is 0 Å². The van der Waals surface area contributed by atoms with Crippen LogP contribution in [-0.2, 0) is 6.54 Å². The minimum atomic E-state index is -0.0513. The predicted molar refractivity (Wildman–Crippen MR) is 120 cm³/mol. The van der Waals surface area contributed by atoms with Crippen molar-refractivity contribution in [2.24, 2.45) is 0 Å². The first-order valence-electron chi connectivity index (χ1n) is 10.2. The first kappa shape index (κ1) is 20.9. The highest BCUT2D eigenvalue weighted by molar-refractivity contribution is 5.77. The second kappa shape index (κ2) is 8.81. The lowest BCUT2D eigenvalue weighted by atomic mass is 9.97. The Hall–Kier alpha value is -3.32. The first-order chi connectivity index (χ1) is 15.0. The molecule has 0 amide bonds. The second-order valence-corrected chi connectivity index (χ2v) is 7.59. The largest absolute Gasteiger partial charge is 0.496 e. The van der Waals surface area contributed by atoms with Crippen molar-refractivity contribution in [3.8, 4) is 17.2 Å². The number of aromatic nitrogens is 2. The number of nitrogens with zero attached hydrogens (tertiary/aromatic N) is 3. The second-order valence-electron chi connectivity index (χ2n) is 7.59. The summed E-state index contributed by atoms with van der Waals surface area (Å²) in [4.78, 5) is 19.5. The van der Waals surface area contributed by atoms with Gasteiger partial charge in [-0.15, -0.1) is 0 Å². The Balaban J connectivity index is 1.58. The van der Waals surface area contributed by atoms with Crippen molar-refractivity contribution in [2.75, 3.05) is 34.4 Å². The molecule has 7 nitrogen and oxygen atoms in total. The SMILES string of the molecule is COc1cc(OC)c(C2=CCN(Cc3cc(=O)n4cccc(C)c4n3)CC2)c(OC)c1. The topological polar surface area (TPSA) is 65.3 Å². The molecule has 0 aliphatic carbocycles. The van der Waals surface area contributed by atoms with Crippen LogP contribution >= 0.6 is 0 Å². The van der Waals surface area contributed by atoms with Crippen LogP contribution in [0, 0.1) is 6.92 Å². The summed E-state index contributed by atoms with van der Waals surface area (Å²) in [6.07, 6.45) is 4.78. The molecule has 1 aromatic carbocycles. The molecule has 0 saturated carbocycles. The summed E-state index contributed by atoms with van der Waals surface area (Å²) in [6.45, 7) is 4.19. The average Bonchev–Trinajstić information content (AvgIpc) is 2.79.